The normalized spacial score (nSPS) is 9.91. The molecule has 1 aromatic heterocycles. The summed E-state index contributed by atoms with van der Waals surface area (Å²) in [4.78, 5) is 48.9. The van der Waals surface area contributed by atoms with Gasteiger partial charge in [0.15, 0.2) is 6.61 Å². The van der Waals surface area contributed by atoms with Crippen molar-refractivity contribution in [1.82, 2.24) is 15.6 Å². The van der Waals surface area contributed by atoms with Crippen LogP contribution in [0.2, 0.25) is 0 Å². The van der Waals surface area contributed by atoms with E-state index in [1.54, 1.807) is 20.8 Å². The molecule has 0 saturated heterocycles. The summed E-state index contributed by atoms with van der Waals surface area (Å²) < 4.78 is 9.73. The van der Waals surface area contributed by atoms with Gasteiger partial charge in [-0.2, -0.15) is 0 Å². The van der Waals surface area contributed by atoms with E-state index in [1.807, 2.05) is 5.32 Å². The molecule has 0 unspecified atom stereocenters. The highest BCUT2D eigenvalue weighted by Crippen LogP contribution is 2.19. The highest BCUT2D eigenvalue weighted by Gasteiger charge is 2.24. The molecule has 0 aromatic carbocycles. The first kappa shape index (κ1) is 18.2. The predicted octanol–water partition coefficient (Wildman–Crippen LogP) is 0.421. The van der Waals surface area contributed by atoms with Crippen molar-refractivity contribution in [2.24, 2.45) is 0 Å². The fourth-order valence-electron chi connectivity index (χ4n) is 1.89. The third-order valence-electron chi connectivity index (χ3n) is 2.94. The van der Waals surface area contributed by atoms with Gasteiger partial charge in [0.2, 0.25) is 0 Å². The Labute approximate surface area is 132 Å². The summed E-state index contributed by atoms with van der Waals surface area (Å²) in [7, 11) is 1.35. The summed E-state index contributed by atoms with van der Waals surface area (Å²) in [5.74, 6) is -2.13. The minimum Gasteiger partial charge on any atom is -0.461 e. The Morgan fingerprint density at radius 3 is 2.30 bits per heavy atom. The van der Waals surface area contributed by atoms with Gasteiger partial charge in [0, 0.05) is 12.7 Å². The van der Waals surface area contributed by atoms with Gasteiger partial charge in [-0.15, -0.1) is 0 Å². The summed E-state index contributed by atoms with van der Waals surface area (Å²) in [6.45, 7) is 4.41. The lowest BCUT2D eigenvalue weighted by molar-refractivity contribution is -0.123. The highest BCUT2D eigenvalue weighted by atomic mass is 16.5. The van der Waals surface area contributed by atoms with Gasteiger partial charge in [-0.1, -0.05) is 0 Å². The topological polar surface area (TPSA) is 127 Å². The minimum absolute atomic E-state index is 0.154. The molecule has 0 aliphatic rings. The van der Waals surface area contributed by atoms with Crippen LogP contribution < -0.4 is 10.6 Å². The molecule has 126 valence electrons. The average Bonchev–Trinajstić information content (AvgIpc) is 2.80. The van der Waals surface area contributed by atoms with Gasteiger partial charge >= 0.3 is 18.0 Å². The molecule has 0 saturated carbocycles. The van der Waals surface area contributed by atoms with Crippen LogP contribution in [0.4, 0.5) is 4.79 Å². The third kappa shape index (κ3) is 4.56. The lowest BCUT2D eigenvalue weighted by Gasteiger charge is -2.06. The van der Waals surface area contributed by atoms with Crippen molar-refractivity contribution in [3.63, 3.8) is 0 Å². The standard InChI is InChI=1S/C14H19N3O6/c1-5-22-13(20)11-7(2)10(8(3)16-11)12(19)23-6-9(18)17-14(21)15-4/h16H,5-6H2,1-4H3,(H2,15,17,18,21). The Bertz CT molecular complexity index is 635. The summed E-state index contributed by atoms with van der Waals surface area (Å²) in [6.07, 6.45) is 0. The van der Waals surface area contributed by atoms with Gasteiger partial charge in [-0.25, -0.2) is 14.4 Å². The van der Waals surface area contributed by atoms with E-state index in [9.17, 15) is 19.2 Å². The number of aryl methyl sites for hydroxylation is 1. The Balaban J connectivity index is 2.79. The van der Waals surface area contributed by atoms with Gasteiger partial charge in [-0.05, 0) is 26.3 Å². The summed E-state index contributed by atoms with van der Waals surface area (Å²) in [5, 5.41) is 4.15. The van der Waals surface area contributed by atoms with Crippen LogP contribution in [0, 0.1) is 13.8 Å². The van der Waals surface area contributed by atoms with Crippen LogP contribution in [-0.2, 0) is 14.3 Å². The maximum atomic E-state index is 12.1. The molecule has 9 nitrogen and oxygen atoms in total. The molecule has 1 rings (SSSR count). The number of ether oxygens (including phenoxy) is 2. The highest BCUT2D eigenvalue weighted by molar-refractivity contribution is 6.00. The Hall–Kier alpha value is -2.84. The fourth-order valence-corrected chi connectivity index (χ4v) is 1.89. The van der Waals surface area contributed by atoms with Gasteiger partial charge in [-0.3, -0.25) is 10.1 Å². The number of hydrogen-bond donors (Lipinski definition) is 3. The number of aromatic nitrogens is 1. The lowest BCUT2D eigenvalue weighted by atomic mass is 10.1. The Morgan fingerprint density at radius 2 is 1.74 bits per heavy atom. The number of urea groups is 1. The SMILES string of the molecule is CCOC(=O)c1[nH]c(C)c(C(=O)OCC(=O)NC(=O)NC)c1C. The van der Waals surface area contributed by atoms with E-state index < -0.39 is 30.5 Å². The maximum absolute atomic E-state index is 12.1. The number of amides is 3. The number of nitrogens with one attached hydrogen (secondary N) is 3. The lowest BCUT2D eigenvalue weighted by Crippen LogP contribution is -2.39. The summed E-state index contributed by atoms with van der Waals surface area (Å²) in [6, 6.07) is -0.704. The molecule has 0 spiro atoms. The van der Waals surface area contributed by atoms with Gasteiger partial charge in [0.1, 0.15) is 5.69 Å². The zero-order valence-electron chi connectivity index (χ0n) is 13.4. The second-order valence-corrected chi connectivity index (χ2v) is 4.55. The fraction of sp³-hybridized carbons (Fsp3) is 0.429. The molecular weight excluding hydrogens is 306 g/mol. The molecule has 3 amide bonds. The number of hydrogen-bond acceptors (Lipinski definition) is 6. The Morgan fingerprint density at radius 1 is 1.09 bits per heavy atom. The third-order valence-corrected chi connectivity index (χ3v) is 2.94. The molecule has 0 bridgehead atoms. The number of H-pyrrole nitrogens is 1. The number of rotatable bonds is 5. The smallest absolute Gasteiger partial charge is 0.355 e. The van der Waals surface area contributed by atoms with Crippen LogP contribution in [0.15, 0.2) is 0 Å². The first-order chi connectivity index (χ1) is 10.8. The first-order valence-electron chi connectivity index (χ1n) is 6.86. The number of carbonyl (C=O) groups is 4. The van der Waals surface area contributed by atoms with Crippen LogP contribution >= 0.6 is 0 Å². The van der Waals surface area contributed by atoms with Gasteiger partial charge in [0.05, 0.1) is 12.2 Å². The zero-order chi connectivity index (χ0) is 17.6. The average molecular weight is 325 g/mol. The molecule has 23 heavy (non-hydrogen) atoms. The largest absolute Gasteiger partial charge is 0.461 e. The number of imide groups is 1. The molecule has 0 aliphatic heterocycles. The van der Waals surface area contributed by atoms with Crippen molar-refractivity contribution >= 4 is 23.9 Å². The molecule has 0 fully saturated rings. The van der Waals surface area contributed by atoms with Crippen molar-refractivity contribution in [1.29, 1.82) is 0 Å². The summed E-state index contributed by atoms with van der Waals surface area (Å²) in [5.41, 5.74) is 1.10. The Kier molecular flexibility index (Phi) is 6.31. The molecular formula is C14H19N3O6. The second kappa shape index (κ2) is 7.97. The zero-order valence-corrected chi connectivity index (χ0v) is 13.4. The van der Waals surface area contributed by atoms with Crippen LogP contribution in [0.3, 0.4) is 0 Å². The van der Waals surface area contributed by atoms with E-state index in [-0.39, 0.29) is 17.9 Å². The van der Waals surface area contributed by atoms with Crippen LogP contribution in [0.25, 0.3) is 0 Å². The molecule has 1 aromatic rings. The van der Waals surface area contributed by atoms with Crippen LogP contribution in [0.5, 0.6) is 0 Å². The predicted molar refractivity (Wildman–Crippen MR) is 79.1 cm³/mol. The van der Waals surface area contributed by atoms with Gasteiger partial charge < -0.3 is 19.8 Å². The van der Waals surface area contributed by atoms with E-state index in [0.29, 0.717) is 11.3 Å². The van der Waals surface area contributed by atoms with Crippen molar-refractivity contribution in [2.75, 3.05) is 20.3 Å². The molecule has 3 N–H and O–H groups in total. The minimum atomic E-state index is -0.779. The number of esters is 2. The molecule has 0 aliphatic carbocycles. The van der Waals surface area contributed by atoms with Crippen molar-refractivity contribution in [3.8, 4) is 0 Å². The van der Waals surface area contributed by atoms with Crippen LogP contribution in [0.1, 0.15) is 39.0 Å². The van der Waals surface area contributed by atoms with E-state index in [0.717, 1.165) is 0 Å². The van der Waals surface area contributed by atoms with Gasteiger partial charge in [0.25, 0.3) is 5.91 Å². The van der Waals surface area contributed by atoms with E-state index in [2.05, 4.69) is 10.3 Å². The van der Waals surface area contributed by atoms with Crippen molar-refractivity contribution < 1.29 is 28.7 Å². The van der Waals surface area contributed by atoms with Crippen LogP contribution in [-0.4, -0.2) is 49.1 Å². The maximum Gasteiger partial charge on any atom is 0.355 e. The van der Waals surface area contributed by atoms with E-state index in [1.165, 1.54) is 7.05 Å². The molecule has 9 heteroatoms. The molecule has 1 heterocycles. The monoisotopic (exact) mass is 325 g/mol. The van der Waals surface area contributed by atoms with Crippen molar-refractivity contribution in [3.05, 3.63) is 22.5 Å². The number of carbonyl (C=O) groups excluding carboxylic acids is 4. The van der Waals surface area contributed by atoms with Crippen molar-refractivity contribution in [2.45, 2.75) is 20.8 Å². The second-order valence-electron chi connectivity index (χ2n) is 4.55. The number of aromatic amines is 1. The quantitative estimate of drug-likeness (QED) is 0.673. The molecule has 0 radical (unpaired) electrons. The molecule has 0 atom stereocenters. The summed E-state index contributed by atoms with van der Waals surface area (Å²) >= 11 is 0. The van der Waals surface area contributed by atoms with E-state index in [4.69, 9.17) is 9.47 Å². The first-order valence-corrected chi connectivity index (χ1v) is 6.86. The van der Waals surface area contributed by atoms with E-state index >= 15 is 0 Å².